The van der Waals surface area contributed by atoms with Crippen molar-refractivity contribution in [1.82, 2.24) is 9.55 Å². The summed E-state index contributed by atoms with van der Waals surface area (Å²) < 4.78 is 16.5. The summed E-state index contributed by atoms with van der Waals surface area (Å²) in [6.45, 7) is 31.6. The van der Waals surface area contributed by atoms with E-state index in [1.165, 1.54) is 55.5 Å². The second-order valence-corrected chi connectivity index (χ2v) is 21.2. The van der Waals surface area contributed by atoms with Crippen LogP contribution < -0.4 is 4.74 Å². The normalized spacial score (nSPS) is 18.7. The third kappa shape index (κ3) is 6.74. The molecule has 9 rings (SSSR count). The van der Waals surface area contributed by atoms with Crippen molar-refractivity contribution < 1.29 is 9.47 Å². The molecule has 3 heterocycles. The maximum atomic E-state index is 7.14. The summed E-state index contributed by atoms with van der Waals surface area (Å²) in [6.07, 6.45) is 2.78. The highest BCUT2D eigenvalue weighted by Crippen LogP contribution is 2.54. The van der Waals surface area contributed by atoms with Gasteiger partial charge in [-0.15, -0.1) is 0 Å². The summed E-state index contributed by atoms with van der Waals surface area (Å²) in [5.74, 6) is 3.69. The molecule has 1 aliphatic heterocycles. The highest BCUT2D eigenvalue weighted by Gasteiger charge is 2.59. The second-order valence-electron chi connectivity index (χ2n) is 21.2. The molecule has 2 atom stereocenters. The van der Waals surface area contributed by atoms with Crippen molar-refractivity contribution in [2.24, 2.45) is 4.99 Å². The minimum Gasteiger partial charge on any atom is -0.464 e. The van der Waals surface area contributed by atoms with Crippen molar-refractivity contribution in [3.8, 4) is 28.4 Å². The Morgan fingerprint density at radius 3 is 2.03 bits per heavy atom. The molecule has 2 aliphatic rings. The van der Waals surface area contributed by atoms with E-state index in [4.69, 9.17) is 19.5 Å². The summed E-state index contributed by atoms with van der Waals surface area (Å²) >= 11 is 0. The number of nitrogens with zero attached hydrogens (tertiary/aromatic N) is 3. The second kappa shape index (κ2) is 14.4. The summed E-state index contributed by atoms with van der Waals surface area (Å²) in [6, 6.07) is 35.6. The number of aromatic nitrogens is 2. The Kier molecular flexibility index (Phi) is 9.70. The molecule has 0 bridgehead atoms. The molecule has 2 aromatic heterocycles. The van der Waals surface area contributed by atoms with Crippen LogP contribution in [0.5, 0.6) is 11.5 Å². The number of aliphatic imine (C=N–C) groups is 1. The standard InChI is InChI=1S/C57H63N3O2/c1-33(2)43-16-15-17-44(34(3)4)52(43)37-26-38(53-59-56(13)32-47-36(6)35(5)18-22-48(47)57(56,14)62-53)28-42(27-37)61-41-20-21-45-46-29-39(54(7,8)9)19-23-49(46)60(50(45)31-41)51-30-40(24-25-58-51)55(10,11)12/h15-31,33-34H,32H2,1-14H3/t56-,57+/m1/s1. The molecule has 62 heavy (non-hydrogen) atoms. The highest BCUT2D eigenvalue weighted by atomic mass is 16.5. The van der Waals surface area contributed by atoms with Gasteiger partial charge in [-0.3, -0.25) is 4.57 Å². The Morgan fingerprint density at radius 1 is 0.677 bits per heavy atom. The van der Waals surface area contributed by atoms with Crippen LogP contribution >= 0.6 is 0 Å². The highest BCUT2D eigenvalue weighted by molar-refractivity contribution is 6.10. The van der Waals surface area contributed by atoms with Gasteiger partial charge in [0.15, 0.2) is 5.60 Å². The number of hydrogen-bond acceptors (Lipinski definition) is 4. The van der Waals surface area contributed by atoms with E-state index >= 15 is 0 Å². The van der Waals surface area contributed by atoms with Crippen LogP contribution in [0.25, 0.3) is 38.8 Å². The first-order valence-electron chi connectivity index (χ1n) is 22.6. The van der Waals surface area contributed by atoms with Gasteiger partial charge < -0.3 is 9.47 Å². The van der Waals surface area contributed by atoms with Crippen LogP contribution in [0.2, 0.25) is 0 Å². The topological polar surface area (TPSA) is 48.6 Å². The number of pyridine rings is 1. The first-order chi connectivity index (χ1) is 29.2. The molecule has 1 aliphatic carbocycles. The molecule has 0 amide bonds. The van der Waals surface area contributed by atoms with Crippen LogP contribution in [0.4, 0.5) is 0 Å². The lowest BCUT2D eigenvalue weighted by atomic mass is 9.84. The van der Waals surface area contributed by atoms with Gasteiger partial charge in [0.25, 0.3) is 0 Å². The number of rotatable bonds is 7. The van der Waals surface area contributed by atoms with Crippen molar-refractivity contribution >= 4 is 27.7 Å². The first-order valence-corrected chi connectivity index (χ1v) is 22.6. The number of benzene rings is 5. The number of hydrogen-bond donors (Lipinski definition) is 0. The molecule has 5 aromatic carbocycles. The molecule has 7 aromatic rings. The molecule has 5 nitrogen and oxygen atoms in total. The zero-order chi connectivity index (χ0) is 44.3. The maximum Gasteiger partial charge on any atom is 0.217 e. The van der Waals surface area contributed by atoms with E-state index in [0.29, 0.717) is 17.7 Å². The van der Waals surface area contributed by atoms with Gasteiger partial charge in [0.05, 0.1) is 11.0 Å². The molecular formula is C57H63N3O2. The van der Waals surface area contributed by atoms with E-state index in [1.54, 1.807) is 0 Å². The van der Waals surface area contributed by atoms with Gasteiger partial charge >= 0.3 is 0 Å². The quantitative estimate of drug-likeness (QED) is 0.161. The zero-order valence-electron chi connectivity index (χ0n) is 39.3. The fourth-order valence-corrected chi connectivity index (χ4v) is 9.96. The van der Waals surface area contributed by atoms with E-state index in [9.17, 15) is 0 Å². The molecule has 318 valence electrons. The molecule has 0 unspecified atom stereocenters. The SMILES string of the molecule is Cc1ccc2c(c1C)C[C@@]1(C)N=C(c3cc(Oc4ccc5c6cc(C(C)(C)C)ccc6n(-c6cc(C(C)(C)C)ccn6)c5c4)cc(-c4c(C(C)C)cccc4C(C)C)c3)O[C@@]21C. The molecule has 0 saturated carbocycles. The number of fused-ring (bicyclic) bond motifs is 6. The van der Waals surface area contributed by atoms with Crippen molar-refractivity contribution in [3.05, 3.63) is 153 Å². The largest absolute Gasteiger partial charge is 0.464 e. The fourth-order valence-electron chi connectivity index (χ4n) is 9.96. The smallest absolute Gasteiger partial charge is 0.217 e. The van der Waals surface area contributed by atoms with E-state index in [1.807, 2.05) is 6.20 Å². The van der Waals surface area contributed by atoms with E-state index in [-0.39, 0.29) is 10.8 Å². The lowest BCUT2D eigenvalue weighted by molar-refractivity contribution is 0.0450. The Bertz CT molecular complexity index is 2940. The molecular weight excluding hydrogens is 759 g/mol. The minimum atomic E-state index is -0.588. The van der Waals surface area contributed by atoms with Crippen LogP contribution in [-0.4, -0.2) is 21.0 Å². The third-order valence-corrected chi connectivity index (χ3v) is 14.1. The summed E-state index contributed by atoms with van der Waals surface area (Å²) in [4.78, 5) is 10.5. The lowest BCUT2D eigenvalue weighted by Gasteiger charge is -2.31. The van der Waals surface area contributed by atoms with Crippen molar-refractivity contribution in [2.75, 3.05) is 0 Å². The van der Waals surface area contributed by atoms with E-state index < -0.39 is 11.1 Å². The Balaban J connectivity index is 1.22. The van der Waals surface area contributed by atoms with Crippen LogP contribution in [-0.2, 0) is 27.6 Å². The van der Waals surface area contributed by atoms with E-state index in [0.717, 1.165) is 51.3 Å². The van der Waals surface area contributed by atoms with Crippen LogP contribution in [0.15, 0.2) is 108 Å². The van der Waals surface area contributed by atoms with Crippen molar-refractivity contribution in [3.63, 3.8) is 0 Å². The van der Waals surface area contributed by atoms with Gasteiger partial charge in [-0.05, 0) is 155 Å². The van der Waals surface area contributed by atoms with E-state index in [2.05, 4.69) is 199 Å². The summed E-state index contributed by atoms with van der Waals surface area (Å²) in [5, 5.41) is 2.37. The molecule has 0 radical (unpaired) electrons. The Labute approximate surface area is 369 Å². The number of aryl methyl sites for hydroxylation is 1. The van der Waals surface area contributed by atoms with Gasteiger partial charge in [0.2, 0.25) is 5.90 Å². The molecule has 0 fully saturated rings. The molecule has 0 spiro atoms. The van der Waals surface area contributed by atoms with Gasteiger partial charge in [0, 0.05) is 40.6 Å². The third-order valence-electron chi connectivity index (χ3n) is 14.1. The minimum absolute atomic E-state index is 0.00457. The molecule has 0 saturated heterocycles. The first kappa shape index (κ1) is 41.7. The van der Waals surface area contributed by atoms with Crippen molar-refractivity contribution in [1.29, 1.82) is 0 Å². The van der Waals surface area contributed by atoms with Crippen LogP contribution in [0.1, 0.15) is 145 Å². The Morgan fingerprint density at radius 2 is 1.35 bits per heavy atom. The molecule has 5 heteroatoms. The fraction of sp³-hybridized carbons (Fsp3) is 0.368. The van der Waals surface area contributed by atoms with Crippen LogP contribution in [0.3, 0.4) is 0 Å². The zero-order valence-corrected chi connectivity index (χ0v) is 39.3. The summed E-state index contributed by atoms with van der Waals surface area (Å²) in [5.41, 5.74) is 14.8. The predicted molar refractivity (Wildman–Crippen MR) is 259 cm³/mol. The lowest BCUT2D eigenvalue weighted by Crippen LogP contribution is -2.40. The van der Waals surface area contributed by atoms with Gasteiger partial charge in [-0.25, -0.2) is 9.98 Å². The van der Waals surface area contributed by atoms with Crippen molar-refractivity contribution in [2.45, 2.75) is 137 Å². The molecule has 0 N–H and O–H groups in total. The van der Waals surface area contributed by atoms with Gasteiger partial charge in [-0.1, -0.05) is 106 Å². The summed E-state index contributed by atoms with van der Waals surface area (Å²) in [7, 11) is 0. The average Bonchev–Trinajstić information content (AvgIpc) is 3.76. The maximum absolute atomic E-state index is 7.14. The van der Waals surface area contributed by atoms with Gasteiger partial charge in [-0.2, -0.15) is 0 Å². The Hall–Kier alpha value is -5.68. The monoisotopic (exact) mass is 821 g/mol. The number of ether oxygens (including phenoxy) is 2. The van der Waals surface area contributed by atoms with Crippen LogP contribution in [0, 0.1) is 13.8 Å². The predicted octanol–water partition coefficient (Wildman–Crippen LogP) is 15.1. The average molecular weight is 822 g/mol. The van der Waals surface area contributed by atoms with Gasteiger partial charge in [0.1, 0.15) is 22.9 Å².